The first-order chi connectivity index (χ1) is 4.93. The van der Waals surface area contributed by atoms with Crippen molar-refractivity contribution in [3.05, 3.63) is 42.0 Å². The van der Waals surface area contributed by atoms with Gasteiger partial charge in [-0.15, -0.1) is 0 Å². The van der Waals surface area contributed by atoms with E-state index in [1.54, 1.807) is 6.08 Å². The fraction of sp³-hybridized carbons (Fsp3) is 0. The summed E-state index contributed by atoms with van der Waals surface area (Å²) in [5.74, 6) is 0. The van der Waals surface area contributed by atoms with Crippen LogP contribution in [0.5, 0.6) is 0 Å². The van der Waals surface area contributed by atoms with E-state index in [1.807, 2.05) is 36.4 Å². The van der Waals surface area contributed by atoms with E-state index in [0.717, 1.165) is 5.56 Å². The summed E-state index contributed by atoms with van der Waals surface area (Å²) in [6, 6.07) is 11.4. The first-order valence-corrected chi connectivity index (χ1v) is 2.96. The van der Waals surface area contributed by atoms with Crippen molar-refractivity contribution in [1.29, 1.82) is 5.26 Å². The van der Waals surface area contributed by atoms with Gasteiger partial charge in [0.15, 0.2) is 0 Å². The molecule has 1 aromatic rings. The summed E-state index contributed by atoms with van der Waals surface area (Å²) in [5, 5.41) is 8.14. The SMILES string of the molecule is N#C[C]=Cc1ccccc1. The van der Waals surface area contributed by atoms with Gasteiger partial charge < -0.3 is 0 Å². The summed E-state index contributed by atoms with van der Waals surface area (Å²) >= 11 is 0. The summed E-state index contributed by atoms with van der Waals surface area (Å²) in [5.41, 5.74) is 1.00. The standard InChI is InChI=1S/C9H6N/c10-8-4-7-9-5-2-1-3-6-9/h1-3,5-7H. The van der Waals surface area contributed by atoms with E-state index < -0.39 is 0 Å². The number of hydrogen-bond acceptors (Lipinski definition) is 1. The van der Waals surface area contributed by atoms with E-state index >= 15 is 0 Å². The third-order valence-corrected chi connectivity index (χ3v) is 1.10. The second-order valence-corrected chi connectivity index (χ2v) is 1.81. The second kappa shape index (κ2) is 3.47. The minimum Gasteiger partial charge on any atom is -0.192 e. The normalized spacial score (nSPS) is 9.50. The molecule has 1 heteroatoms. The highest BCUT2D eigenvalue weighted by atomic mass is 14.2. The molecule has 0 unspecified atom stereocenters. The molecule has 47 valence electrons. The van der Waals surface area contributed by atoms with Crippen LogP contribution >= 0.6 is 0 Å². The quantitative estimate of drug-likeness (QED) is 0.531. The molecule has 0 spiro atoms. The summed E-state index contributed by atoms with van der Waals surface area (Å²) in [6.07, 6.45) is 4.10. The van der Waals surface area contributed by atoms with Crippen LogP contribution in [0.1, 0.15) is 5.56 Å². The maximum atomic E-state index is 8.14. The van der Waals surface area contributed by atoms with E-state index in [1.165, 1.54) is 0 Å². The number of allylic oxidation sites excluding steroid dienone is 1. The van der Waals surface area contributed by atoms with Gasteiger partial charge in [-0.05, 0) is 11.6 Å². The average Bonchev–Trinajstić information content (AvgIpc) is 2.03. The summed E-state index contributed by atoms with van der Waals surface area (Å²) < 4.78 is 0. The van der Waals surface area contributed by atoms with E-state index in [-0.39, 0.29) is 0 Å². The number of nitriles is 1. The fourth-order valence-corrected chi connectivity index (χ4v) is 0.665. The second-order valence-electron chi connectivity index (χ2n) is 1.81. The Morgan fingerprint density at radius 3 is 2.50 bits per heavy atom. The average molecular weight is 128 g/mol. The molecule has 0 bridgehead atoms. The lowest BCUT2D eigenvalue weighted by molar-refractivity contribution is 1.52. The van der Waals surface area contributed by atoms with Crippen molar-refractivity contribution in [3.8, 4) is 6.07 Å². The zero-order chi connectivity index (χ0) is 7.23. The van der Waals surface area contributed by atoms with Gasteiger partial charge in [0.25, 0.3) is 0 Å². The molecule has 0 fully saturated rings. The lowest BCUT2D eigenvalue weighted by atomic mass is 10.2. The molecule has 1 radical (unpaired) electrons. The Morgan fingerprint density at radius 2 is 1.90 bits per heavy atom. The minimum absolute atomic E-state index is 1.00. The van der Waals surface area contributed by atoms with E-state index in [9.17, 15) is 0 Å². The van der Waals surface area contributed by atoms with Crippen LogP contribution in [0.4, 0.5) is 0 Å². The highest BCUT2D eigenvalue weighted by molar-refractivity contribution is 5.48. The van der Waals surface area contributed by atoms with Crippen LogP contribution < -0.4 is 0 Å². The van der Waals surface area contributed by atoms with E-state index in [2.05, 4.69) is 6.08 Å². The zero-order valence-corrected chi connectivity index (χ0v) is 5.41. The van der Waals surface area contributed by atoms with Crippen molar-refractivity contribution >= 4 is 6.08 Å². The van der Waals surface area contributed by atoms with Gasteiger partial charge in [-0.3, -0.25) is 0 Å². The Morgan fingerprint density at radius 1 is 1.20 bits per heavy atom. The van der Waals surface area contributed by atoms with Gasteiger partial charge in [0.2, 0.25) is 0 Å². The predicted molar refractivity (Wildman–Crippen MR) is 39.8 cm³/mol. The summed E-state index contributed by atoms with van der Waals surface area (Å²) in [7, 11) is 0. The first-order valence-electron chi connectivity index (χ1n) is 2.96. The lowest BCUT2D eigenvalue weighted by Crippen LogP contribution is -1.66. The number of nitrogens with zero attached hydrogens (tertiary/aromatic N) is 1. The van der Waals surface area contributed by atoms with Gasteiger partial charge in [0, 0.05) is 0 Å². The Kier molecular flexibility index (Phi) is 2.28. The van der Waals surface area contributed by atoms with E-state index in [4.69, 9.17) is 5.26 Å². The fourth-order valence-electron chi connectivity index (χ4n) is 0.665. The molecule has 1 nitrogen and oxygen atoms in total. The Labute approximate surface area is 60.2 Å². The third kappa shape index (κ3) is 1.75. The molecular weight excluding hydrogens is 122 g/mol. The highest BCUT2D eigenvalue weighted by Crippen LogP contribution is 1.99. The molecule has 0 amide bonds. The maximum Gasteiger partial charge on any atom is 0.101 e. The molecule has 0 atom stereocenters. The van der Waals surface area contributed by atoms with Crippen LogP contribution in [0, 0.1) is 17.4 Å². The van der Waals surface area contributed by atoms with Gasteiger partial charge in [0.1, 0.15) is 6.07 Å². The van der Waals surface area contributed by atoms with Crippen molar-refractivity contribution in [3.63, 3.8) is 0 Å². The Bertz CT molecular complexity index is 254. The van der Waals surface area contributed by atoms with Gasteiger partial charge in [0.05, 0.1) is 6.08 Å². The Balaban J connectivity index is 2.79. The lowest BCUT2D eigenvalue weighted by Gasteiger charge is -1.85. The third-order valence-electron chi connectivity index (χ3n) is 1.10. The van der Waals surface area contributed by atoms with Gasteiger partial charge >= 0.3 is 0 Å². The monoisotopic (exact) mass is 128 g/mol. The van der Waals surface area contributed by atoms with Crippen LogP contribution in [0.3, 0.4) is 0 Å². The number of rotatable bonds is 1. The molecule has 0 aromatic heterocycles. The van der Waals surface area contributed by atoms with Crippen molar-refractivity contribution in [2.75, 3.05) is 0 Å². The summed E-state index contributed by atoms with van der Waals surface area (Å²) in [4.78, 5) is 0. The molecule has 0 heterocycles. The van der Waals surface area contributed by atoms with Crippen LogP contribution in [-0.4, -0.2) is 0 Å². The molecule has 0 aliphatic heterocycles. The topological polar surface area (TPSA) is 23.8 Å². The van der Waals surface area contributed by atoms with Crippen molar-refractivity contribution in [2.45, 2.75) is 0 Å². The largest absolute Gasteiger partial charge is 0.192 e. The van der Waals surface area contributed by atoms with Crippen molar-refractivity contribution in [2.24, 2.45) is 0 Å². The van der Waals surface area contributed by atoms with Gasteiger partial charge in [-0.25, -0.2) is 0 Å². The maximum absolute atomic E-state index is 8.14. The van der Waals surface area contributed by atoms with Crippen LogP contribution in [-0.2, 0) is 0 Å². The van der Waals surface area contributed by atoms with Crippen LogP contribution in [0.2, 0.25) is 0 Å². The highest BCUT2D eigenvalue weighted by Gasteiger charge is 1.79. The van der Waals surface area contributed by atoms with Gasteiger partial charge in [-0.2, -0.15) is 5.26 Å². The van der Waals surface area contributed by atoms with Crippen molar-refractivity contribution in [1.82, 2.24) is 0 Å². The number of benzene rings is 1. The predicted octanol–water partition coefficient (Wildman–Crippen LogP) is 2.03. The molecule has 10 heavy (non-hydrogen) atoms. The number of hydrogen-bond donors (Lipinski definition) is 0. The van der Waals surface area contributed by atoms with Crippen molar-refractivity contribution < 1.29 is 0 Å². The first kappa shape index (κ1) is 6.57. The molecule has 0 aliphatic rings. The Hall–Kier alpha value is -1.55. The van der Waals surface area contributed by atoms with Crippen LogP contribution in [0.25, 0.3) is 6.08 Å². The zero-order valence-electron chi connectivity index (χ0n) is 5.41. The van der Waals surface area contributed by atoms with E-state index in [0.29, 0.717) is 0 Å². The summed E-state index contributed by atoms with van der Waals surface area (Å²) in [6.45, 7) is 0. The molecule has 0 N–H and O–H groups in total. The molecular formula is C9H6N. The molecule has 0 aliphatic carbocycles. The van der Waals surface area contributed by atoms with Gasteiger partial charge in [-0.1, -0.05) is 30.3 Å². The molecule has 0 saturated heterocycles. The smallest absolute Gasteiger partial charge is 0.101 e. The molecule has 1 aromatic carbocycles. The molecule has 0 saturated carbocycles. The minimum atomic E-state index is 1.00. The molecule has 1 rings (SSSR count). The van der Waals surface area contributed by atoms with Crippen LogP contribution in [0.15, 0.2) is 30.3 Å².